The summed E-state index contributed by atoms with van der Waals surface area (Å²) in [5.41, 5.74) is 0.336. The zero-order valence-corrected chi connectivity index (χ0v) is 20.1. The molecule has 1 amide bonds. The van der Waals surface area contributed by atoms with E-state index in [1.807, 2.05) is 18.4 Å². The SMILES string of the molecule is CSc1ccc(C(=O)CNC(=O)C(C)(C)Oc2ccc(C(=O)c3ccc(Cl)cc3)cc2)cc1. The third-order valence-corrected chi connectivity index (χ3v) is 5.96. The first kappa shape index (κ1) is 24.6. The molecule has 0 spiro atoms. The summed E-state index contributed by atoms with van der Waals surface area (Å²) in [6.45, 7) is 3.11. The average molecular weight is 482 g/mol. The first-order valence-corrected chi connectivity index (χ1v) is 11.8. The van der Waals surface area contributed by atoms with Gasteiger partial charge >= 0.3 is 0 Å². The Hall–Kier alpha value is -3.09. The van der Waals surface area contributed by atoms with Gasteiger partial charge in [0.1, 0.15) is 5.75 Å². The fourth-order valence-electron chi connectivity index (χ4n) is 3.04. The minimum atomic E-state index is -1.22. The lowest BCUT2D eigenvalue weighted by molar-refractivity contribution is -0.134. The molecule has 0 radical (unpaired) electrons. The minimum absolute atomic E-state index is 0.126. The molecule has 3 aromatic rings. The van der Waals surface area contributed by atoms with Crippen LogP contribution in [0.5, 0.6) is 5.75 Å². The maximum absolute atomic E-state index is 12.6. The standard InChI is InChI=1S/C26H24ClNO4S/c1-26(2,25(31)28-16-23(29)17-8-14-22(33-3)15-9-17)32-21-12-6-19(7-13-21)24(30)18-4-10-20(27)11-5-18/h4-15H,16H2,1-3H3,(H,28,31). The highest BCUT2D eigenvalue weighted by Gasteiger charge is 2.30. The van der Waals surface area contributed by atoms with Gasteiger partial charge in [-0.15, -0.1) is 11.8 Å². The van der Waals surface area contributed by atoms with Crippen molar-refractivity contribution in [2.24, 2.45) is 0 Å². The highest BCUT2D eigenvalue weighted by molar-refractivity contribution is 7.98. The van der Waals surface area contributed by atoms with Crippen molar-refractivity contribution in [3.8, 4) is 5.75 Å². The molecule has 0 saturated heterocycles. The molecule has 0 bridgehead atoms. The Balaban J connectivity index is 1.58. The number of carbonyl (C=O) groups is 3. The number of hydrogen-bond acceptors (Lipinski definition) is 5. The van der Waals surface area contributed by atoms with Gasteiger partial charge in [-0.1, -0.05) is 23.7 Å². The molecule has 7 heteroatoms. The first-order valence-electron chi connectivity index (χ1n) is 10.2. The van der Waals surface area contributed by atoms with Crippen molar-refractivity contribution in [2.75, 3.05) is 12.8 Å². The minimum Gasteiger partial charge on any atom is -0.478 e. The summed E-state index contributed by atoms with van der Waals surface area (Å²) < 4.78 is 5.83. The van der Waals surface area contributed by atoms with E-state index in [-0.39, 0.29) is 18.1 Å². The quantitative estimate of drug-likeness (QED) is 0.325. The number of nitrogens with one attached hydrogen (secondary N) is 1. The largest absolute Gasteiger partial charge is 0.478 e. The lowest BCUT2D eigenvalue weighted by Gasteiger charge is -2.25. The van der Waals surface area contributed by atoms with Crippen molar-refractivity contribution < 1.29 is 19.1 Å². The number of ketones is 2. The van der Waals surface area contributed by atoms with E-state index in [2.05, 4.69) is 5.32 Å². The number of amides is 1. The van der Waals surface area contributed by atoms with E-state index in [1.54, 1.807) is 86.3 Å². The second-order valence-electron chi connectivity index (χ2n) is 7.81. The van der Waals surface area contributed by atoms with Gasteiger partial charge in [0.15, 0.2) is 17.2 Å². The molecule has 33 heavy (non-hydrogen) atoms. The van der Waals surface area contributed by atoms with Gasteiger partial charge in [0.2, 0.25) is 0 Å². The van der Waals surface area contributed by atoms with E-state index < -0.39 is 11.5 Å². The molecular weight excluding hydrogens is 458 g/mol. The molecule has 3 rings (SSSR count). The Labute approximate surface area is 202 Å². The number of rotatable bonds is 9. The highest BCUT2D eigenvalue weighted by Crippen LogP contribution is 2.21. The maximum atomic E-state index is 12.6. The monoisotopic (exact) mass is 481 g/mol. The van der Waals surface area contributed by atoms with Crippen LogP contribution in [0, 0.1) is 0 Å². The van der Waals surface area contributed by atoms with Crippen molar-refractivity contribution >= 4 is 40.8 Å². The molecule has 0 fully saturated rings. The van der Waals surface area contributed by atoms with Crippen LogP contribution in [0.2, 0.25) is 5.02 Å². The maximum Gasteiger partial charge on any atom is 0.263 e. The van der Waals surface area contributed by atoms with Crippen molar-refractivity contribution in [3.05, 3.63) is 94.5 Å². The number of Topliss-reactive ketones (excluding diaryl/α,β-unsaturated/α-hetero) is 1. The van der Waals surface area contributed by atoms with E-state index >= 15 is 0 Å². The van der Waals surface area contributed by atoms with Gasteiger partial charge in [-0.3, -0.25) is 14.4 Å². The fraction of sp³-hybridized carbons (Fsp3) is 0.192. The zero-order chi connectivity index (χ0) is 24.0. The summed E-state index contributed by atoms with van der Waals surface area (Å²) in [5.74, 6) is -0.309. The molecule has 5 nitrogen and oxygen atoms in total. The van der Waals surface area contributed by atoms with Crippen LogP contribution in [0.1, 0.15) is 40.1 Å². The molecule has 3 aromatic carbocycles. The van der Waals surface area contributed by atoms with Crippen molar-refractivity contribution in [2.45, 2.75) is 24.3 Å². The number of carbonyl (C=O) groups excluding carboxylic acids is 3. The van der Waals surface area contributed by atoms with Gasteiger partial charge < -0.3 is 10.1 Å². The normalized spacial score (nSPS) is 11.0. The fourth-order valence-corrected chi connectivity index (χ4v) is 3.57. The highest BCUT2D eigenvalue weighted by atomic mass is 35.5. The van der Waals surface area contributed by atoms with Crippen molar-refractivity contribution in [1.82, 2.24) is 5.32 Å². The molecule has 0 saturated carbocycles. The van der Waals surface area contributed by atoms with Crippen LogP contribution < -0.4 is 10.1 Å². The number of ether oxygens (including phenoxy) is 1. The summed E-state index contributed by atoms with van der Waals surface area (Å²) in [5, 5.41) is 3.20. The van der Waals surface area contributed by atoms with E-state index in [4.69, 9.17) is 16.3 Å². The van der Waals surface area contributed by atoms with Crippen LogP contribution in [0.3, 0.4) is 0 Å². The van der Waals surface area contributed by atoms with Crippen LogP contribution in [0.15, 0.2) is 77.7 Å². The van der Waals surface area contributed by atoms with E-state index in [0.717, 1.165) is 4.90 Å². The smallest absolute Gasteiger partial charge is 0.263 e. The summed E-state index contributed by atoms with van der Waals surface area (Å²) >= 11 is 7.46. The number of hydrogen-bond donors (Lipinski definition) is 1. The van der Waals surface area contributed by atoms with E-state index in [1.165, 1.54) is 0 Å². The molecule has 0 heterocycles. The molecule has 0 aliphatic rings. The Morgan fingerprint density at radius 3 is 1.91 bits per heavy atom. The molecular formula is C26H24ClNO4S. The van der Waals surface area contributed by atoms with Crippen LogP contribution in [-0.4, -0.2) is 35.9 Å². The van der Waals surface area contributed by atoms with Gasteiger partial charge in [0.25, 0.3) is 5.91 Å². The molecule has 0 aliphatic heterocycles. The topological polar surface area (TPSA) is 72.5 Å². The van der Waals surface area contributed by atoms with Gasteiger partial charge in [-0.2, -0.15) is 0 Å². The van der Waals surface area contributed by atoms with Crippen molar-refractivity contribution in [1.29, 1.82) is 0 Å². The summed E-state index contributed by atoms with van der Waals surface area (Å²) in [6.07, 6.45) is 1.96. The van der Waals surface area contributed by atoms with Gasteiger partial charge in [0, 0.05) is 26.6 Å². The first-order chi connectivity index (χ1) is 15.7. The lowest BCUT2D eigenvalue weighted by atomic mass is 10.0. The van der Waals surface area contributed by atoms with Gasteiger partial charge in [0.05, 0.1) is 6.54 Å². The third kappa shape index (κ3) is 6.46. The Kier molecular flexibility index (Phi) is 7.95. The predicted molar refractivity (Wildman–Crippen MR) is 132 cm³/mol. The van der Waals surface area contributed by atoms with Crippen LogP contribution >= 0.6 is 23.4 Å². The predicted octanol–water partition coefficient (Wildman–Crippen LogP) is 5.45. The molecule has 0 aliphatic carbocycles. The second-order valence-corrected chi connectivity index (χ2v) is 9.12. The van der Waals surface area contributed by atoms with E-state index in [9.17, 15) is 14.4 Å². The Morgan fingerprint density at radius 2 is 1.36 bits per heavy atom. The number of thioether (sulfide) groups is 1. The third-order valence-electron chi connectivity index (χ3n) is 4.96. The molecule has 0 atom stereocenters. The van der Waals surface area contributed by atoms with E-state index in [0.29, 0.717) is 27.5 Å². The number of halogens is 1. The molecule has 0 aromatic heterocycles. The summed E-state index contributed by atoms with van der Waals surface area (Å²) in [7, 11) is 0. The van der Waals surface area contributed by atoms with Crippen molar-refractivity contribution in [3.63, 3.8) is 0 Å². The second kappa shape index (κ2) is 10.7. The molecule has 1 N–H and O–H groups in total. The van der Waals surface area contributed by atoms with Crippen LogP contribution in [0.4, 0.5) is 0 Å². The summed E-state index contributed by atoms with van der Waals surface area (Å²) in [6, 6.07) is 20.4. The average Bonchev–Trinajstić information content (AvgIpc) is 2.82. The number of benzene rings is 3. The van der Waals surface area contributed by atoms with Gasteiger partial charge in [-0.25, -0.2) is 0 Å². The summed E-state index contributed by atoms with van der Waals surface area (Å²) in [4.78, 5) is 38.6. The molecule has 0 unspecified atom stereocenters. The van der Waals surface area contributed by atoms with Gasteiger partial charge in [-0.05, 0) is 80.8 Å². The van der Waals surface area contributed by atoms with Crippen LogP contribution in [0.25, 0.3) is 0 Å². The Bertz CT molecular complexity index is 1140. The van der Waals surface area contributed by atoms with Crippen LogP contribution in [-0.2, 0) is 4.79 Å². The molecule has 170 valence electrons. The Morgan fingerprint density at radius 1 is 0.848 bits per heavy atom. The lowest BCUT2D eigenvalue weighted by Crippen LogP contribution is -2.47. The zero-order valence-electron chi connectivity index (χ0n) is 18.6.